The van der Waals surface area contributed by atoms with Crippen LogP contribution in [0.5, 0.6) is 11.5 Å². The average Bonchev–Trinajstić information content (AvgIpc) is 3.03. The van der Waals surface area contributed by atoms with E-state index in [0.717, 1.165) is 11.4 Å². The van der Waals surface area contributed by atoms with Crippen molar-refractivity contribution in [3.05, 3.63) is 72.3 Å². The zero-order valence-electron chi connectivity index (χ0n) is 10.7. The minimum Gasteiger partial charge on any atom is -0.508 e. The molecule has 20 heavy (non-hydrogen) atoms. The molecule has 0 saturated carbocycles. The number of aliphatic imine (C=N–C) groups is 1. The Bertz CT molecular complexity index is 704. The van der Waals surface area contributed by atoms with E-state index in [0.29, 0.717) is 0 Å². The number of phenols is 2. The number of phenolic OH excluding ortho intramolecular Hbond substituents is 2. The average molecular weight is 263 g/mol. The van der Waals surface area contributed by atoms with Crippen LogP contribution in [0.1, 0.15) is 5.56 Å². The molecule has 4 rings (SSSR count). The molecule has 0 fully saturated rings. The number of hydrogen-bond acceptors (Lipinski definition) is 3. The van der Waals surface area contributed by atoms with Crippen LogP contribution in [0.3, 0.4) is 0 Å². The predicted molar refractivity (Wildman–Crippen MR) is 80.4 cm³/mol. The number of rotatable bonds is 0. The van der Waals surface area contributed by atoms with Crippen molar-refractivity contribution in [1.29, 1.82) is 0 Å². The number of hydrogen-bond donors (Lipinski definition) is 2. The van der Waals surface area contributed by atoms with Crippen molar-refractivity contribution in [2.75, 3.05) is 0 Å². The van der Waals surface area contributed by atoms with Gasteiger partial charge in [-0.15, -0.1) is 0 Å². The Morgan fingerprint density at radius 3 is 2.15 bits per heavy atom. The van der Waals surface area contributed by atoms with Crippen LogP contribution >= 0.6 is 0 Å². The minimum absolute atomic E-state index is 0.169. The van der Waals surface area contributed by atoms with Crippen molar-refractivity contribution >= 4 is 17.0 Å². The first-order chi connectivity index (χ1) is 9.74. The maximum absolute atomic E-state index is 8.65. The van der Waals surface area contributed by atoms with Crippen LogP contribution < -0.4 is 0 Å². The fourth-order valence-electron chi connectivity index (χ4n) is 2.12. The molecule has 1 aliphatic heterocycles. The first-order valence-corrected chi connectivity index (χ1v) is 6.29. The standard InChI is InChI=1S/C11H7N.C6H6O2/c1-2-6-10-8(4-1)9-5-3-7-11(9)12-10;7-5-1-2-6(8)4-3-5/h1-7H;1-4,7-8H. The van der Waals surface area contributed by atoms with E-state index in [-0.39, 0.29) is 11.5 Å². The lowest BCUT2D eigenvalue weighted by Gasteiger charge is -1.95. The van der Waals surface area contributed by atoms with Gasteiger partial charge in [0.05, 0.1) is 11.4 Å². The third-order valence-electron chi connectivity index (χ3n) is 3.08. The Labute approximate surface area is 116 Å². The van der Waals surface area contributed by atoms with Crippen LogP contribution in [0, 0.1) is 0 Å². The van der Waals surface area contributed by atoms with Gasteiger partial charge in [-0.1, -0.05) is 30.4 Å². The van der Waals surface area contributed by atoms with Gasteiger partial charge in [-0.05, 0) is 36.4 Å². The summed E-state index contributed by atoms with van der Waals surface area (Å²) in [4.78, 5) is 4.48. The number of aromatic hydroxyl groups is 2. The zero-order valence-corrected chi connectivity index (χ0v) is 10.7. The normalized spacial score (nSPS) is 13.8. The van der Waals surface area contributed by atoms with Gasteiger partial charge in [-0.25, -0.2) is 4.99 Å². The van der Waals surface area contributed by atoms with E-state index >= 15 is 0 Å². The van der Waals surface area contributed by atoms with Gasteiger partial charge in [0.1, 0.15) is 11.5 Å². The molecule has 2 aliphatic rings. The summed E-state index contributed by atoms with van der Waals surface area (Å²) in [5, 5.41) is 17.3. The highest BCUT2D eigenvalue weighted by atomic mass is 16.3. The highest BCUT2D eigenvalue weighted by molar-refractivity contribution is 6.35. The summed E-state index contributed by atoms with van der Waals surface area (Å²) in [6.07, 6.45) is 6.21. The summed E-state index contributed by atoms with van der Waals surface area (Å²) >= 11 is 0. The van der Waals surface area contributed by atoms with Crippen LogP contribution in [0.4, 0.5) is 5.69 Å². The highest BCUT2D eigenvalue weighted by Crippen LogP contribution is 2.36. The van der Waals surface area contributed by atoms with E-state index in [4.69, 9.17) is 10.2 Å². The summed E-state index contributed by atoms with van der Waals surface area (Å²) in [5.41, 5.74) is 4.74. The number of benzene rings is 2. The molecular weight excluding hydrogens is 250 g/mol. The molecule has 0 aromatic heterocycles. The molecule has 3 nitrogen and oxygen atoms in total. The van der Waals surface area contributed by atoms with Gasteiger partial charge in [-0.2, -0.15) is 0 Å². The summed E-state index contributed by atoms with van der Waals surface area (Å²) in [6.45, 7) is 0. The Morgan fingerprint density at radius 1 is 0.800 bits per heavy atom. The Hall–Kier alpha value is -2.81. The largest absolute Gasteiger partial charge is 0.508 e. The SMILES string of the molecule is C1=CC2=Nc3ccccc3C2=C1.Oc1ccc(O)cc1. The van der Waals surface area contributed by atoms with Crippen molar-refractivity contribution in [2.45, 2.75) is 0 Å². The first kappa shape index (κ1) is 12.2. The predicted octanol–water partition coefficient (Wildman–Crippen LogP) is 3.82. The van der Waals surface area contributed by atoms with Crippen molar-refractivity contribution < 1.29 is 10.2 Å². The second-order valence-corrected chi connectivity index (χ2v) is 4.47. The fraction of sp³-hybridized carbons (Fsp3) is 0. The number of nitrogens with zero attached hydrogens (tertiary/aromatic N) is 1. The smallest absolute Gasteiger partial charge is 0.115 e. The molecular formula is C17H13NO2. The van der Waals surface area contributed by atoms with E-state index in [9.17, 15) is 0 Å². The molecule has 1 aliphatic carbocycles. The molecule has 2 aromatic carbocycles. The maximum atomic E-state index is 8.65. The van der Waals surface area contributed by atoms with E-state index in [1.54, 1.807) is 0 Å². The fourth-order valence-corrected chi connectivity index (χ4v) is 2.12. The van der Waals surface area contributed by atoms with Crippen LogP contribution in [0.25, 0.3) is 5.57 Å². The maximum Gasteiger partial charge on any atom is 0.115 e. The zero-order chi connectivity index (χ0) is 13.9. The monoisotopic (exact) mass is 263 g/mol. The number of para-hydroxylation sites is 1. The Balaban J connectivity index is 0.000000133. The summed E-state index contributed by atoms with van der Waals surface area (Å²) in [6, 6.07) is 13.9. The molecule has 3 heteroatoms. The van der Waals surface area contributed by atoms with Crippen LogP contribution in [-0.4, -0.2) is 15.9 Å². The second kappa shape index (κ2) is 5.05. The lowest BCUT2D eigenvalue weighted by atomic mass is 10.1. The molecule has 2 aromatic rings. The van der Waals surface area contributed by atoms with Crippen LogP contribution in [0.15, 0.2) is 71.8 Å². The molecule has 98 valence electrons. The van der Waals surface area contributed by atoms with E-state index in [2.05, 4.69) is 35.3 Å². The van der Waals surface area contributed by atoms with Crippen LogP contribution in [-0.2, 0) is 0 Å². The molecule has 2 N–H and O–H groups in total. The van der Waals surface area contributed by atoms with E-state index in [1.165, 1.54) is 35.4 Å². The lowest BCUT2D eigenvalue weighted by molar-refractivity contribution is 0.460. The Kier molecular flexibility index (Phi) is 3.09. The number of allylic oxidation sites excluding steroid dienone is 4. The minimum atomic E-state index is 0.169. The topological polar surface area (TPSA) is 52.8 Å². The van der Waals surface area contributed by atoms with Gasteiger partial charge in [0.15, 0.2) is 0 Å². The first-order valence-electron chi connectivity index (χ1n) is 6.29. The molecule has 0 bridgehead atoms. The summed E-state index contributed by atoms with van der Waals surface area (Å²) in [5.74, 6) is 0.339. The summed E-state index contributed by atoms with van der Waals surface area (Å²) in [7, 11) is 0. The van der Waals surface area contributed by atoms with Gasteiger partial charge in [0.25, 0.3) is 0 Å². The summed E-state index contributed by atoms with van der Waals surface area (Å²) < 4.78 is 0. The molecule has 0 radical (unpaired) electrons. The van der Waals surface area contributed by atoms with Crippen molar-refractivity contribution in [3.63, 3.8) is 0 Å². The van der Waals surface area contributed by atoms with Crippen molar-refractivity contribution in [1.82, 2.24) is 0 Å². The highest BCUT2D eigenvalue weighted by Gasteiger charge is 2.19. The van der Waals surface area contributed by atoms with Crippen LogP contribution in [0.2, 0.25) is 0 Å². The van der Waals surface area contributed by atoms with E-state index < -0.39 is 0 Å². The molecule has 0 amide bonds. The molecule has 0 unspecified atom stereocenters. The van der Waals surface area contributed by atoms with Crippen molar-refractivity contribution in [3.8, 4) is 11.5 Å². The lowest BCUT2D eigenvalue weighted by Crippen LogP contribution is -1.85. The molecule has 0 atom stereocenters. The number of fused-ring (bicyclic) bond motifs is 3. The third kappa shape index (κ3) is 2.34. The molecule has 1 heterocycles. The van der Waals surface area contributed by atoms with Gasteiger partial charge in [0, 0.05) is 11.1 Å². The Morgan fingerprint density at radius 2 is 1.45 bits per heavy atom. The van der Waals surface area contributed by atoms with Gasteiger partial charge in [0.2, 0.25) is 0 Å². The second-order valence-electron chi connectivity index (χ2n) is 4.47. The van der Waals surface area contributed by atoms with Gasteiger partial charge in [-0.3, -0.25) is 0 Å². The molecule has 0 saturated heterocycles. The van der Waals surface area contributed by atoms with Gasteiger partial charge < -0.3 is 10.2 Å². The molecule has 0 spiro atoms. The van der Waals surface area contributed by atoms with Gasteiger partial charge >= 0.3 is 0 Å². The van der Waals surface area contributed by atoms with Crippen molar-refractivity contribution in [2.24, 2.45) is 4.99 Å². The van der Waals surface area contributed by atoms with E-state index in [1.807, 2.05) is 12.1 Å². The third-order valence-corrected chi connectivity index (χ3v) is 3.08. The quantitative estimate of drug-likeness (QED) is 0.710.